The first kappa shape index (κ1) is 11.0. The van der Waals surface area contributed by atoms with E-state index in [0.717, 1.165) is 19.3 Å². The molecular weight excluding hydrogens is 152 g/mol. The molecule has 0 saturated heterocycles. The molecule has 0 aromatic heterocycles. The van der Waals surface area contributed by atoms with Gasteiger partial charge in [0.2, 0.25) is 0 Å². The van der Waals surface area contributed by atoms with E-state index in [2.05, 4.69) is 13.5 Å². The van der Waals surface area contributed by atoms with Crippen LogP contribution in [0.15, 0.2) is 24.5 Å². The van der Waals surface area contributed by atoms with Gasteiger partial charge in [-0.25, -0.2) is 4.79 Å². The molecule has 0 saturated carbocycles. The van der Waals surface area contributed by atoms with Gasteiger partial charge in [0.15, 0.2) is 0 Å². The third-order valence-electron chi connectivity index (χ3n) is 1.34. The lowest BCUT2D eigenvalue weighted by molar-refractivity contribution is -0.133. The molecular formula is C10H16O2. The molecule has 0 aromatic rings. The molecule has 12 heavy (non-hydrogen) atoms. The van der Waals surface area contributed by atoms with E-state index in [4.69, 9.17) is 4.74 Å². The van der Waals surface area contributed by atoms with Crippen molar-refractivity contribution in [1.29, 1.82) is 0 Å². The zero-order chi connectivity index (χ0) is 9.40. The van der Waals surface area contributed by atoms with Crippen molar-refractivity contribution in [2.24, 2.45) is 0 Å². The van der Waals surface area contributed by atoms with E-state index in [1.807, 2.05) is 6.08 Å². The number of carbonyl (C=O) groups excluding carboxylic acids is 1. The second-order valence-electron chi connectivity index (χ2n) is 2.70. The molecule has 0 aliphatic rings. The van der Waals surface area contributed by atoms with Crippen molar-refractivity contribution >= 4 is 5.97 Å². The molecule has 0 bridgehead atoms. The van der Waals surface area contributed by atoms with Crippen LogP contribution in [0.3, 0.4) is 0 Å². The van der Waals surface area contributed by atoms with E-state index in [9.17, 15) is 4.79 Å². The number of carbonyl (C=O) groups is 1. The zero-order valence-electron chi connectivity index (χ0n) is 7.80. The molecule has 0 amide bonds. The van der Waals surface area contributed by atoms with E-state index in [0.29, 0.717) is 5.57 Å². The first-order valence-corrected chi connectivity index (χ1v) is 4.20. The number of rotatable bonds is 5. The summed E-state index contributed by atoms with van der Waals surface area (Å²) < 4.78 is 4.73. The standard InChI is InChI=1S/C10H16O2/c1-4-5-6-7-8-12-10(11)9(2)3/h7-8H,2,4-6H2,1,3H3/b8-7+. The van der Waals surface area contributed by atoms with E-state index >= 15 is 0 Å². The Balaban J connectivity index is 3.47. The van der Waals surface area contributed by atoms with Gasteiger partial charge < -0.3 is 4.74 Å². The lowest BCUT2D eigenvalue weighted by atomic mass is 10.2. The lowest BCUT2D eigenvalue weighted by Gasteiger charge is -1.95. The van der Waals surface area contributed by atoms with Crippen LogP contribution in [0.2, 0.25) is 0 Å². The maximum absolute atomic E-state index is 10.8. The summed E-state index contributed by atoms with van der Waals surface area (Å²) in [7, 11) is 0. The molecule has 0 N–H and O–H groups in total. The SMILES string of the molecule is C=C(C)C(=O)O/C=C/CCCC. The summed E-state index contributed by atoms with van der Waals surface area (Å²) in [6, 6.07) is 0. The Hall–Kier alpha value is -1.05. The molecule has 0 fully saturated rings. The Morgan fingerprint density at radius 2 is 2.25 bits per heavy atom. The van der Waals surface area contributed by atoms with Crippen LogP contribution >= 0.6 is 0 Å². The number of allylic oxidation sites excluding steroid dienone is 1. The fourth-order valence-corrected chi connectivity index (χ4v) is 0.601. The van der Waals surface area contributed by atoms with Crippen LogP contribution in [0, 0.1) is 0 Å². The average Bonchev–Trinajstić information content (AvgIpc) is 2.03. The van der Waals surface area contributed by atoms with Gasteiger partial charge in [0.1, 0.15) is 0 Å². The smallest absolute Gasteiger partial charge is 0.337 e. The van der Waals surface area contributed by atoms with Crippen molar-refractivity contribution in [2.75, 3.05) is 0 Å². The summed E-state index contributed by atoms with van der Waals surface area (Å²) in [5.41, 5.74) is 0.426. The van der Waals surface area contributed by atoms with Gasteiger partial charge in [0.05, 0.1) is 6.26 Å². The largest absolute Gasteiger partial charge is 0.431 e. The number of ether oxygens (including phenoxy) is 1. The zero-order valence-corrected chi connectivity index (χ0v) is 7.80. The van der Waals surface area contributed by atoms with Crippen molar-refractivity contribution < 1.29 is 9.53 Å². The van der Waals surface area contributed by atoms with E-state index in [-0.39, 0.29) is 5.97 Å². The van der Waals surface area contributed by atoms with Gasteiger partial charge in [-0.15, -0.1) is 0 Å². The maximum Gasteiger partial charge on any atom is 0.337 e. The molecule has 2 nitrogen and oxygen atoms in total. The average molecular weight is 168 g/mol. The predicted octanol–water partition coefficient (Wildman–Crippen LogP) is 2.81. The molecule has 0 rings (SSSR count). The van der Waals surface area contributed by atoms with E-state index in [1.165, 1.54) is 6.26 Å². The molecule has 0 atom stereocenters. The van der Waals surface area contributed by atoms with Gasteiger partial charge in [-0.2, -0.15) is 0 Å². The van der Waals surface area contributed by atoms with Gasteiger partial charge in [0.25, 0.3) is 0 Å². The summed E-state index contributed by atoms with van der Waals surface area (Å²) in [5, 5.41) is 0. The van der Waals surface area contributed by atoms with Crippen LogP contribution in [-0.2, 0) is 9.53 Å². The Morgan fingerprint density at radius 3 is 2.75 bits per heavy atom. The van der Waals surface area contributed by atoms with Crippen LogP contribution in [0.25, 0.3) is 0 Å². The normalized spacial score (nSPS) is 10.2. The topological polar surface area (TPSA) is 26.3 Å². The highest BCUT2D eigenvalue weighted by Gasteiger charge is 1.98. The summed E-state index contributed by atoms with van der Waals surface area (Å²) in [6.45, 7) is 7.21. The minimum absolute atomic E-state index is 0.359. The minimum atomic E-state index is -0.359. The van der Waals surface area contributed by atoms with E-state index in [1.54, 1.807) is 6.92 Å². The highest BCUT2D eigenvalue weighted by Crippen LogP contribution is 1.97. The van der Waals surface area contributed by atoms with Crippen molar-refractivity contribution in [3.63, 3.8) is 0 Å². The van der Waals surface area contributed by atoms with Crippen LogP contribution in [0.5, 0.6) is 0 Å². The fourth-order valence-electron chi connectivity index (χ4n) is 0.601. The van der Waals surface area contributed by atoms with Crippen LogP contribution in [-0.4, -0.2) is 5.97 Å². The van der Waals surface area contributed by atoms with Crippen molar-refractivity contribution in [2.45, 2.75) is 33.1 Å². The van der Waals surface area contributed by atoms with Crippen molar-refractivity contribution in [3.8, 4) is 0 Å². The molecule has 0 aliphatic heterocycles. The Kier molecular flexibility index (Phi) is 6.07. The molecule has 0 heterocycles. The van der Waals surface area contributed by atoms with Crippen LogP contribution in [0.4, 0.5) is 0 Å². The maximum atomic E-state index is 10.8. The first-order valence-electron chi connectivity index (χ1n) is 4.20. The third kappa shape index (κ3) is 5.71. The summed E-state index contributed by atoms with van der Waals surface area (Å²) in [4.78, 5) is 10.8. The summed E-state index contributed by atoms with van der Waals surface area (Å²) >= 11 is 0. The van der Waals surface area contributed by atoms with Gasteiger partial charge in [0, 0.05) is 5.57 Å². The minimum Gasteiger partial charge on any atom is -0.431 e. The summed E-state index contributed by atoms with van der Waals surface area (Å²) in [6.07, 6.45) is 6.52. The Bertz CT molecular complexity index is 180. The number of hydrogen-bond acceptors (Lipinski definition) is 2. The first-order chi connectivity index (χ1) is 5.68. The Labute approximate surface area is 73.9 Å². The highest BCUT2D eigenvalue weighted by molar-refractivity contribution is 5.87. The van der Waals surface area contributed by atoms with Crippen molar-refractivity contribution in [1.82, 2.24) is 0 Å². The molecule has 0 radical (unpaired) electrons. The summed E-state index contributed by atoms with van der Waals surface area (Å²) in [5.74, 6) is -0.359. The van der Waals surface area contributed by atoms with Crippen LogP contribution in [0.1, 0.15) is 33.1 Å². The number of unbranched alkanes of at least 4 members (excludes halogenated alkanes) is 2. The molecule has 0 unspecified atom stereocenters. The lowest BCUT2D eigenvalue weighted by Crippen LogP contribution is -1.98. The molecule has 0 spiro atoms. The number of hydrogen-bond donors (Lipinski definition) is 0. The van der Waals surface area contributed by atoms with Gasteiger partial charge >= 0.3 is 5.97 Å². The van der Waals surface area contributed by atoms with Crippen molar-refractivity contribution in [3.05, 3.63) is 24.5 Å². The van der Waals surface area contributed by atoms with Gasteiger partial charge in [-0.1, -0.05) is 19.9 Å². The third-order valence-corrected chi connectivity index (χ3v) is 1.34. The highest BCUT2D eigenvalue weighted by atomic mass is 16.5. The van der Waals surface area contributed by atoms with E-state index < -0.39 is 0 Å². The fraction of sp³-hybridized carbons (Fsp3) is 0.500. The van der Waals surface area contributed by atoms with Crippen LogP contribution < -0.4 is 0 Å². The molecule has 0 aliphatic carbocycles. The van der Waals surface area contributed by atoms with Gasteiger partial charge in [-0.05, 0) is 25.8 Å². The number of esters is 1. The molecule has 0 aromatic carbocycles. The quantitative estimate of drug-likeness (QED) is 0.273. The predicted molar refractivity (Wildman–Crippen MR) is 49.6 cm³/mol. The monoisotopic (exact) mass is 168 g/mol. The second kappa shape index (κ2) is 6.65. The molecule has 68 valence electrons. The molecule has 2 heteroatoms. The second-order valence-corrected chi connectivity index (χ2v) is 2.70. The van der Waals surface area contributed by atoms with Gasteiger partial charge in [-0.3, -0.25) is 0 Å². The Morgan fingerprint density at radius 1 is 1.58 bits per heavy atom.